The Morgan fingerprint density at radius 1 is 1.46 bits per heavy atom. The lowest BCUT2D eigenvalue weighted by atomic mass is 10.1. The topological polar surface area (TPSA) is 93.8 Å². The van der Waals surface area contributed by atoms with Gasteiger partial charge in [-0.15, -0.1) is 0 Å². The van der Waals surface area contributed by atoms with Crippen LogP contribution < -0.4 is 10.2 Å². The lowest BCUT2D eigenvalue weighted by Crippen LogP contribution is -2.24. The van der Waals surface area contributed by atoms with E-state index >= 15 is 0 Å². The summed E-state index contributed by atoms with van der Waals surface area (Å²) in [5.74, 6) is 0.179. The van der Waals surface area contributed by atoms with Crippen LogP contribution >= 0.6 is 27.3 Å². The fraction of sp³-hybridized carbons (Fsp3) is 0.200. The van der Waals surface area contributed by atoms with Gasteiger partial charge in [0.05, 0.1) is 20.5 Å². The van der Waals surface area contributed by atoms with Crippen LogP contribution in [0.2, 0.25) is 0 Å². The third-order valence-electron chi connectivity index (χ3n) is 2.89. The second-order valence-corrected chi connectivity index (χ2v) is 6.86. The van der Waals surface area contributed by atoms with E-state index in [1.165, 1.54) is 12.3 Å². The number of nitrogens with one attached hydrogen (secondary N) is 1. The minimum atomic E-state index is -0.476. The first kappa shape index (κ1) is 18.1. The second kappa shape index (κ2) is 8.02. The molecular formula is C15H14BrN3O4S. The van der Waals surface area contributed by atoms with E-state index in [1.807, 2.05) is 26.0 Å². The number of ether oxygens (including phenoxy) is 1. The summed E-state index contributed by atoms with van der Waals surface area (Å²) in [4.78, 5) is 22.4. The summed E-state index contributed by atoms with van der Waals surface area (Å²) in [5.41, 5.74) is 4.33. The number of hydrazone groups is 1. The molecule has 0 unspecified atom stereocenters. The number of hydrogen-bond donors (Lipinski definition) is 1. The zero-order chi connectivity index (χ0) is 17.7. The average molecular weight is 412 g/mol. The van der Waals surface area contributed by atoms with Gasteiger partial charge in [-0.2, -0.15) is 5.10 Å². The first-order valence-corrected chi connectivity index (χ1v) is 8.43. The molecule has 7 nitrogen and oxygen atoms in total. The van der Waals surface area contributed by atoms with E-state index in [0.29, 0.717) is 10.6 Å². The van der Waals surface area contributed by atoms with Crippen molar-refractivity contribution in [2.45, 2.75) is 13.8 Å². The maximum atomic E-state index is 11.7. The van der Waals surface area contributed by atoms with Crippen LogP contribution in [0.25, 0.3) is 0 Å². The average Bonchev–Trinajstić information content (AvgIpc) is 2.95. The number of rotatable bonds is 6. The van der Waals surface area contributed by atoms with Gasteiger partial charge in [-0.1, -0.05) is 17.4 Å². The standard InChI is InChI=1S/C15H14BrN3O4S/c1-9-5-10(2)15(12(16)6-9)23-8-13(20)18-17-7-11-3-4-14(24-11)19(21)22/h3-7H,8H2,1-2H3,(H,18,20)/b17-7-. The maximum absolute atomic E-state index is 11.7. The molecule has 1 aromatic carbocycles. The molecule has 2 rings (SSSR count). The van der Waals surface area contributed by atoms with E-state index in [0.717, 1.165) is 26.9 Å². The van der Waals surface area contributed by atoms with Crippen molar-refractivity contribution in [1.29, 1.82) is 0 Å². The largest absolute Gasteiger partial charge is 0.482 e. The van der Waals surface area contributed by atoms with Crippen LogP contribution in [0.1, 0.15) is 16.0 Å². The fourth-order valence-corrected chi connectivity index (χ4v) is 3.41. The second-order valence-electron chi connectivity index (χ2n) is 4.91. The monoisotopic (exact) mass is 411 g/mol. The van der Waals surface area contributed by atoms with Crippen molar-refractivity contribution in [1.82, 2.24) is 5.43 Å². The molecule has 126 valence electrons. The molecule has 0 atom stereocenters. The van der Waals surface area contributed by atoms with E-state index in [4.69, 9.17) is 4.74 Å². The Bertz CT molecular complexity index is 781. The van der Waals surface area contributed by atoms with Crippen molar-refractivity contribution in [3.8, 4) is 5.75 Å². The summed E-state index contributed by atoms with van der Waals surface area (Å²) in [6.45, 7) is 3.68. The van der Waals surface area contributed by atoms with E-state index < -0.39 is 10.8 Å². The number of benzene rings is 1. The summed E-state index contributed by atoms with van der Waals surface area (Å²) >= 11 is 4.38. The van der Waals surface area contributed by atoms with Gasteiger partial charge in [-0.25, -0.2) is 5.43 Å². The summed E-state index contributed by atoms with van der Waals surface area (Å²) in [6.07, 6.45) is 1.35. The highest BCUT2D eigenvalue weighted by Crippen LogP contribution is 2.30. The smallest absolute Gasteiger partial charge is 0.324 e. The number of nitro groups is 1. The van der Waals surface area contributed by atoms with E-state index in [9.17, 15) is 14.9 Å². The minimum Gasteiger partial charge on any atom is -0.482 e. The minimum absolute atomic E-state index is 0.0193. The van der Waals surface area contributed by atoms with E-state index in [2.05, 4.69) is 26.5 Å². The van der Waals surface area contributed by atoms with Crippen molar-refractivity contribution in [3.05, 3.63) is 54.9 Å². The first-order chi connectivity index (χ1) is 11.4. The van der Waals surface area contributed by atoms with Gasteiger partial charge in [0.1, 0.15) is 5.75 Å². The molecule has 24 heavy (non-hydrogen) atoms. The third kappa shape index (κ3) is 4.87. The Labute approximate surface area is 150 Å². The predicted molar refractivity (Wildman–Crippen MR) is 95.8 cm³/mol. The van der Waals surface area contributed by atoms with Gasteiger partial charge >= 0.3 is 5.00 Å². The van der Waals surface area contributed by atoms with Crippen LogP contribution in [-0.2, 0) is 4.79 Å². The first-order valence-electron chi connectivity index (χ1n) is 6.82. The number of aryl methyl sites for hydroxylation is 2. The molecule has 1 heterocycles. The molecule has 2 aromatic rings. The van der Waals surface area contributed by atoms with Crippen molar-refractivity contribution in [2.75, 3.05) is 6.61 Å². The molecule has 1 aromatic heterocycles. The zero-order valence-electron chi connectivity index (χ0n) is 12.9. The molecule has 0 aliphatic carbocycles. The van der Waals surface area contributed by atoms with Crippen molar-refractivity contribution in [2.24, 2.45) is 5.10 Å². The van der Waals surface area contributed by atoms with Gasteiger partial charge in [0.15, 0.2) is 6.61 Å². The summed E-state index contributed by atoms with van der Waals surface area (Å²) < 4.78 is 6.28. The van der Waals surface area contributed by atoms with Crippen molar-refractivity contribution in [3.63, 3.8) is 0 Å². The number of amides is 1. The number of nitrogens with zero attached hydrogens (tertiary/aromatic N) is 2. The molecule has 0 aliphatic heterocycles. The normalized spacial score (nSPS) is 10.8. The van der Waals surface area contributed by atoms with Gasteiger partial charge in [0, 0.05) is 6.07 Å². The summed E-state index contributed by atoms with van der Waals surface area (Å²) in [5, 5.41) is 14.3. The van der Waals surface area contributed by atoms with Crippen LogP contribution in [0.4, 0.5) is 5.00 Å². The summed E-state index contributed by atoms with van der Waals surface area (Å²) in [6, 6.07) is 6.80. The molecule has 0 aliphatic rings. The SMILES string of the molecule is Cc1cc(C)c(OCC(=O)N/N=C\c2ccc([N+](=O)[O-])s2)c(Br)c1. The van der Waals surface area contributed by atoms with Gasteiger partial charge in [-0.3, -0.25) is 14.9 Å². The molecular weight excluding hydrogens is 398 g/mol. The lowest BCUT2D eigenvalue weighted by molar-refractivity contribution is -0.380. The number of thiophene rings is 1. The molecule has 1 amide bonds. The molecule has 1 N–H and O–H groups in total. The molecule has 0 bridgehead atoms. The molecule has 0 fully saturated rings. The van der Waals surface area contributed by atoms with Gasteiger partial charge in [0.2, 0.25) is 0 Å². The van der Waals surface area contributed by atoms with Crippen LogP contribution in [0.5, 0.6) is 5.75 Å². The number of carbonyl (C=O) groups is 1. The van der Waals surface area contributed by atoms with Gasteiger partial charge in [-0.05, 0) is 53.0 Å². The highest BCUT2D eigenvalue weighted by Gasteiger charge is 2.10. The number of hydrogen-bond acceptors (Lipinski definition) is 6. The van der Waals surface area contributed by atoms with Crippen LogP contribution in [0.15, 0.2) is 33.8 Å². The molecule has 0 spiro atoms. The zero-order valence-corrected chi connectivity index (χ0v) is 15.3. The summed E-state index contributed by atoms with van der Waals surface area (Å²) in [7, 11) is 0. The molecule has 0 radical (unpaired) electrons. The Kier molecular flexibility index (Phi) is 6.04. The van der Waals surface area contributed by atoms with Gasteiger partial charge in [0.25, 0.3) is 5.91 Å². The Morgan fingerprint density at radius 2 is 2.21 bits per heavy atom. The Morgan fingerprint density at radius 3 is 2.83 bits per heavy atom. The molecule has 0 saturated carbocycles. The van der Waals surface area contributed by atoms with Gasteiger partial charge < -0.3 is 4.74 Å². The van der Waals surface area contributed by atoms with E-state index in [1.54, 1.807) is 6.07 Å². The highest BCUT2D eigenvalue weighted by atomic mass is 79.9. The van der Waals surface area contributed by atoms with E-state index in [-0.39, 0.29) is 11.6 Å². The quantitative estimate of drug-likeness (QED) is 0.446. The third-order valence-corrected chi connectivity index (χ3v) is 4.46. The predicted octanol–water partition coefficient (Wildman–Crippen LogP) is 3.56. The van der Waals surface area contributed by atoms with Crippen LogP contribution in [0, 0.1) is 24.0 Å². The van der Waals surface area contributed by atoms with Crippen LogP contribution in [0.3, 0.4) is 0 Å². The highest BCUT2D eigenvalue weighted by molar-refractivity contribution is 9.10. The Balaban J connectivity index is 1.87. The number of carbonyl (C=O) groups excluding carboxylic acids is 1. The Hall–Kier alpha value is -2.26. The molecule has 0 saturated heterocycles. The van der Waals surface area contributed by atoms with Crippen LogP contribution in [-0.4, -0.2) is 23.7 Å². The van der Waals surface area contributed by atoms with Crippen molar-refractivity contribution >= 4 is 44.4 Å². The maximum Gasteiger partial charge on any atom is 0.324 e. The fourth-order valence-electron chi connectivity index (χ4n) is 1.93. The lowest BCUT2D eigenvalue weighted by Gasteiger charge is -2.11. The van der Waals surface area contributed by atoms with Crippen molar-refractivity contribution < 1.29 is 14.5 Å². The number of halogens is 1. The molecule has 9 heteroatoms.